The molecule has 1 amide bonds. The van der Waals surface area contributed by atoms with Gasteiger partial charge in [-0.25, -0.2) is 4.79 Å². The van der Waals surface area contributed by atoms with Crippen LogP contribution in [0.25, 0.3) is 0 Å². The Bertz CT molecular complexity index is 909. The summed E-state index contributed by atoms with van der Waals surface area (Å²) < 4.78 is 10.6. The van der Waals surface area contributed by atoms with Gasteiger partial charge in [0.15, 0.2) is 0 Å². The minimum atomic E-state index is -0.734. The van der Waals surface area contributed by atoms with Crippen LogP contribution in [0.1, 0.15) is 31.9 Å². The molecule has 0 atom stereocenters. The highest BCUT2D eigenvalue weighted by Gasteiger charge is 2.24. The fourth-order valence-corrected chi connectivity index (χ4v) is 2.57. The molecule has 0 bridgehead atoms. The Labute approximate surface area is 174 Å². The average molecular weight is 415 g/mol. The molecule has 0 aromatic heterocycles. The number of amides is 1. The monoisotopic (exact) mass is 415 g/mol. The molecule has 0 saturated carbocycles. The normalized spacial score (nSPS) is 10.9. The molecule has 0 unspecified atom stereocenters. The van der Waals surface area contributed by atoms with E-state index in [1.807, 2.05) is 18.2 Å². The number of anilines is 1. The molecule has 0 fully saturated rings. The van der Waals surface area contributed by atoms with Crippen LogP contribution in [0.3, 0.4) is 0 Å². The van der Waals surface area contributed by atoms with Crippen molar-refractivity contribution in [1.29, 1.82) is 0 Å². The van der Waals surface area contributed by atoms with Gasteiger partial charge in [-0.3, -0.25) is 19.8 Å². The van der Waals surface area contributed by atoms with E-state index in [0.29, 0.717) is 5.56 Å². The number of carbonyl (C=O) groups is 2. The number of nitrogens with two attached hydrogens (primary N) is 1. The molecule has 2 aromatic carbocycles. The lowest BCUT2D eigenvalue weighted by Crippen LogP contribution is -2.38. The Balaban J connectivity index is 2.16. The molecule has 2 aromatic rings. The van der Waals surface area contributed by atoms with Gasteiger partial charge in [-0.2, -0.15) is 0 Å². The second-order valence-corrected chi connectivity index (χ2v) is 7.62. The maximum absolute atomic E-state index is 12.7. The number of nitrogen functional groups attached to an aromatic ring is 1. The zero-order chi connectivity index (χ0) is 22.3. The number of non-ortho nitro benzene ring substituents is 1. The third-order valence-electron chi connectivity index (χ3n) is 3.90. The fourth-order valence-electron chi connectivity index (χ4n) is 2.57. The predicted octanol–water partition coefficient (Wildman–Crippen LogP) is 3.66. The first-order chi connectivity index (χ1) is 14.0. The van der Waals surface area contributed by atoms with Crippen LogP contribution >= 0.6 is 0 Å². The summed E-state index contributed by atoms with van der Waals surface area (Å²) in [4.78, 5) is 36.4. The Kier molecular flexibility index (Phi) is 7.35. The molecule has 2 N–H and O–H groups in total. The Morgan fingerprint density at radius 2 is 1.80 bits per heavy atom. The summed E-state index contributed by atoms with van der Waals surface area (Å²) in [6, 6.07) is 13.0. The maximum Gasteiger partial charge on any atom is 0.410 e. The van der Waals surface area contributed by atoms with Gasteiger partial charge in [0, 0.05) is 17.8 Å². The van der Waals surface area contributed by atoms with Crippen molar-refractivity contribution in [3.05, 3.63) is 69.8 Å². The van der Waals surface area contributed by atoms with Crippen LogP contribution in [-0.4, -0.2) is 34.0 Å². The molecule has 0 aliphatic heterocycles. The van der Waals surface area contributed by atoms with Gasteiger partial charge in [-0.05, 0) is 38.0 Å². The van der Waals surface area contributed by atoms with E-state index in [1.54, 1.807) is 32.9 Å². The van der Waals surface area contributed by atoms with Crippen LogP contribution in [-0.2, 0) is 27.4 Å². The first-order valence-corrected chi connectivity index (χ1v) is 9.25. The largest absolute Gasteiger partial charge is 0.459 e. The van der Waals surface area contributed by atoms with Crippen LogP contribution in [0.5, 0.6) is 0 Å². The second kappa shape index (κ2) is 9.73. The van der Waals surface area contributed by atoms with E-state index in [2.05, 4.69) is 0 Å². The summed E-state index contributed by atoms with van der Waals surface area (Å²) in [6.07, 6.45) is -0.734. The third-order valence-corrected chi connectivity index (χ3v) is 3.90. The summed E-state index contributed by atoms with van der Waals surface area (Å²) in [6.45, 7) is 4.75. The molecule has 0 radical (unpaired) electrons. The fraction of sp³-hybridized carbons (Fsp3) is 0.333. The highest BCUT2D eigenvalue weighted by atomic mass is 16.6. The van der Waals surface area contributed by atoms with Crippen LogP contribution in [0.2, 0.25) is 0 Å². The topological polar surface area (TPSA) is 125 Å². The first-order valence-electron chi connectivity index (χ1n) is 9.25. The van der Waals surface area contributed by atoms with Crippen molar-refractivity contribution in [3.63, 3.8) is 0 Å². The molecular formula is C21H25N3O6. The highest BCUT2D eigenvalue weighted by molar-refractivity contribution is 5.78. The highest BCUT2D eigenvalue weighted by Crippen LogP contribution is 2.22. The van der Waals surface area contributed by atoms with E-state index >= 15 is 0 Å². The number of nitrogens with zero attached hydrogens (tertiary/aromatic N) is 2. The molecular weight excluding hydrogens is 390 g/mol. The summed E-state index contributed by atoms with van der Waals surface area (Å²) >= 11 is 0. The summed E-state index contributed by atoms with van der Waals surface area (Å²) in [5.41, 5.74) is 6.39. The van der Waals surface area contributed by atoms with Gasteiger partial charge >= 0.3 is 12.1 Å². The van der Waals surface area contributed by atoms with Crippen molar-refractivity contribution < 1.29 is 24.0 Å². The molecule has 9 nitrogen and oxygen atoms in total. The zero-order valence-corrected chi connectivity index (χ0v) is 17.2. The number of nitro groups is 1. The molecule has 0 heterocycles. The Morgan fingerprint density at radius 3 is 2.37 bits per heavy atom. The number of hydrogen-bond acceptors (Lipinski definition) is 7. The van der Waals surface area contributed by atoms with Crippen LogP contribution in [0, 0.1) is 10.1 Å². The number of benzene rings is 2. The van der Waals surface area contributed by atoms with Gasteiger partial charge < -0.3 is 15.2 Å². The Morgan fingerprint density at radius 1 is 1.13 bits per heavy atom. The molecule has 0 aliphatic rings. The van der Waals surface area contributed by atoms with Crippen molar-refractivity contribution >= 4 is 23.4 Å². The average Bonchev–Trinajstić information content (AvgIpc) is 2.66. The summed E-state index contributed by atoms with van der Waals surface area (Å²) in [7, 11) is 0. The molecule has 160 valence electrons. The number of hydrogen-bond donors (Lipinski definition) is 1. The van der Waals surface area contributed by atoms with Gasteiger partial charge in [0.25, 0.3) is 5.69 Å². The Hall–Kier alpha value is -3.62. The van der Waals surface area contributed by atoms with Gasteiger partial charge in [0.05, 0.1) is 11.5 Å². The van der Waals surface area contributed by atoms with Crippen molar-refractivity contribution in [2.75, 3.05) is 12.3 Å². The van der Waals surface area contributed by atoms with E-state index in [4.69, 9.17) is 15.2 Å². The van der Waals surface area contributed by atoms with E-state index in [-0.39, 0.29) is 31.1 Å². The molecule has 9 heteroatoms. The smallest absolute Gasteiger partial charge is 0.410 e. The summed E-state index contributed by atoms with van der Waals surface area (Å²) in [5.74, 6) is -0.611. The van der Waals surface area contributed by atoms with Gasteiger partial charge in [-0.1, -0.05) is 30.3 Å². The zero-order valence-electron chi connectivity index (χ0n) is 17.2. The molecule has 0 aliphatic carbocycles. The van der Waals surface area contributed by atoms with E-state index in [9.17, 15) is 19.7 Å². The quantitative estimate of drug-likeness (QED) is 0.317. The second-order valence-electron chi connectivity index (χ2n) is 7.62. The van der Waals surface area contributed by atoms with Crippen LogP contribution in [0.15, 0.2) is 48.5 Å². The van der Waals surface area contributed by atoms with Crippen LogP contribution in [0.4, 0.5) is 16.2 Å². The van der Waals surface area contributed by atoms with E-state index in [0.717, 1.165) is 10.5 Å². The van der Waals surface area contributed by atoms with Crippen molar-refractivity contribution in [2.24, 2.45) is 0 Å². The lowest BCUT2D eigenvalue weighted by Gasteiger charge is -2.25. The number of carbonyl (C=O) groups excluding carboxylic acids is 2. The summed E-state index contributed by atoms with van der Waals surface area (Å²) in [5, 5.41) is 10.9. The minimum Gasteiger partial charge on any atom is -0.459 e. The number of esters is 1. The SMILES string of the molecule is CC(C)(C)OC(=O)CN(Cc1ccc([N+](=O)[O-])cc1N)C(=O)OCc1ccccc1. The van der Waals surface area contributed by atoms with Gasteiger partial charge in [0.1, 0.15) is 18.8 Å². The molecule has 30 heavy (non-hydrogen) atoms. The van der Waals surface area contributed by atoms with Gasteiger partial charge in [0.2, 0.25) is 0 Å². The van der Waals surface area contributed by atoms with Crippen molar-refractivity contribution in [1.82, 2.24) is 4.90 Å². The molecule has 2 rings (SSSR count). The lowest BCUT2D eigenvalue weighted by atomic mass is 10.1. The van der Waals surface area contributed by atoms with Crippen molar-refractivity contribution in [3.8, 4) is 0 Å². The lowest BCUT2D eigenvalue weighted by molar-refractivity contribution is -0.384. The number of ether oxygens (including phenoxy) is 2. The van der Waals surface area contributed by atoms with E-state index < -0.39 is 22.6 Å². The van der Waals surface area contributed by atoms with E-state index in [1.165, 1.54) is 18.2 Å². The third kappa shape index (κ3) is 7.08. The van der Waals surface area contributed by atoms with Gasteiger partial charge in [-0.15, -0.1) is 0 Å². The first kappa shape index (κ1) is 22.7. The maximum atomic E-state index is 12.7. The standard InChI is InChI=1S/C21H25N3O6/c1-21(2,3)30-19(25)13-23(20(26)29-14-15-7-5-4-6-8-15)12-16-9-10-17(24(27)28)11-18(16)22/h4-11H,12-14,22H2,1-3H3. The molecule has 0 saturated heterocycles. The number of rotatable bonds is 7. The number of nitro benzene ring substituents is 1. The minimum absolute atomic E-state index is 0.0280. The van der Waals surface area contributed by atoms with Crippen LogP contribution < -0.4 is 5.73 Å². The van der Waals surface area contributed by atoms with Crippen molar-refractivity contribution in [2.45, 2.75) is 39.5 Å². The molecule has 0 spiro atoms. The predicted molar refractivity (Wildman–Crippen MR) is 110 cm³/mol.